The summed E-state index contributed by atoms with van der Waals surface area (Å²) < 4.78 is 0. The van der Waals surface area contributed by atoms with E-state index in [2.05, 4.69) is 5.32 Å². The summed E-state index contributed by atoms with van der Waals surface area (Å²) in [5.41, 5.74) is 6.21. The summed E-state index contributed by atoms with van der Waals surface area (Å²) in [5.74, 6) is -0.989. The van der Waals surface area contributed by atoms with Gasteiger partial charge in [0.1, 0.15) is 0 Å². The molecule has 6 heteroatoms. The van der Waals surface area contributed by atoms with E-state index in [4.69, 9.17) is 5.73 Å². The van der Waals surface area contributed by atoms with Gasteiger partial charge in [0, 0.05) is 12.7 Å². The molecule has 3 N–H and O–H groups in total. The van der Waals surface area contributed by atoms with Crippen molar-refractivity contribution in [3.8, 4) is 0 Å². The first-order valence-electron chi connectivity index (χ1n) is 6.90. The molecule has 0 aliphatic carbocycles. The van der Waals surface area contributed by atoms with E-state index >= 15 is 0 Å². The minimum absolute atomic E-state index is 0.294. The zero-order valence-electron chi connectivity index (χ0n) is 12.4. The van der Waals surface area contributed by atoms with Crippen LogP contribution < -0.4 is 11.1 Å². The SMILES string of the molecule is CCC(N)(CC)C(=O)Nc1ccc2c(c1)C(=O)N(C)C2=O. The van der Waals surface area contributed by atoms with Crippen molar-refractivity contribution in [3.63, 3.8) is 0 Å². The molecule has 1 heterocycles. The molecular weight excluding hydrogens is 270 g/mol. The zero-order chi connectivity index (χ0) is 15.8. The molecule has 6 nitrogen and oxygen atoms in total. The van der Waals surface area contributed by atoms with Gasteiger partial charge in [0.25, 0.3) is 11.8 Å². The maximum absolute atomic E-state index is 12.2. The number of anilines is 1. The maximum Gasteiger partial charge on any atom is 0.261 e. The Labute approximate surface area is 123 Å². The summed E-state index contributed by atoms with van der Waals surface area (Å²) in [7, 11) is 1.43. The lowest BCUT2D eigenvalue weighted by molar-refractivity contribution is -0.121. The van der Waals surface area contributed by atoms with Crippen molar-refractivity contribution in [2.45, 2.75) is 32.2 Å². The van der Waals surface area contributed by atoms with Gasteiger partial charge in [-0.2, -0.15) is 0 Å². The summed E-state index contributed by atoms with van der Waals surface area (Å²) in [6, 6.07) is 4.67. The third-order valence-corrected chi connectivity index (χ3v) is 4.06. The van der Waals surface area contributed by atoms with E-state index in [-0.39, 0.29) is 17.7 Å². The predicted molar refractivity (Wildman–Crippen MR) is 79.0 cm³/mol. The number of nitrogens with two attached hydrogens (primary N) is 1. The largest absolute Gasteiger partial charge is 0.324 e. The number of nitrogens with zero attached hydrogens (tertiary/aromatic N) is 1. The van der Waals surface area contributed by atoms with Gasteiger partial charge in [-0.05, 0) is 31.0 Å². The molecule has 0 radical (unpaired) electrons. The van der Waals surface area contributed by atoms with Gasteiger partial charge in [-0.1, -0.05) is 13.8 Å². The van der Waals surface area contributed by atoms with Crippen molar-refractivity contribution >= 4 is 23.4 Å². The van der Waals surface area contributed by atoms with Crippen LogP contribution in [0.25, 0.3) is 0 Å². The van der Waals surface area contributed by atoms with E-state index in [0.29, 0.717) is 29.7 Å². The number of hydrogen-bond donors (Lipinski definition) is 2. The molecule has 3 amide bonds. The number of hydrogen-bond acceptors (Lipinski definition) is 4. The lowest BCUT2D eigenvalue weighted by Gasteiger charge is -2.25. The Balaban J connectivity index is 2.27. The fraction of sp³-hybridized carbons (Fsp3) is 0.400. The van der Waals surface area contributed by atoms with E-state index in [1.807, 2.05) is 13.8 Å². The van der Waals surface area contributed by atoms with Gasteiger partial charge in [-0.3, -0.25) is 19.3 Å². The van der Waals surface area contributed by atoms with Crippen LogP contribution >= 0.6 is 0 Å². The number of carbonyl (C=O) groups is 3. The maximum atomic E-state index is 12.2. The second kappa shape index (κ2) is 5.29. The molecule has 1 aliphatic rings. The average molecular weight is 289 g/mol. The highest BCUT2D eigenvalue weighted by Gasteiger charge is 2.34. The minimum atomic E-state index is -0.935. The van der Waals surface area contributed by atoms with Crippen molar-refractivity contribution in [1.82, 2.24) is 4.90 Å². The van der Waals surface area contributed by atoms with E-state index in [0.717, 1.165) is 4.90 Å². The highest BCUT2D eigenvalue weighted by atomic mass is 16.2. The van der Waals surface area contributed by atoms with Gasteiger partial charge < -0.3 is 11.1 Å². The zero-order valence-corrected chi connectivity index (χ0v) is 12.4. The van der Waals surface area contributed by atoms with Gasteiger partial charge in [0.05, 0.1) is 16.7 Å². The molecule has 21 heavy (non-hydrogen) atoms. The van der Waals surface area contributed by atoms with E-state index in [1.54, 1.807) is 12.1 Å². The summed E-state index contributed by atoms with van der Waals surface area (Å²) >= 11 is 0. The molecular formula is C15H19N3O3. The summed E-state index contributed by atoms with van der Waals surface area (Å²) in [6.45, 7) is 3.70. The smallest absolute Gasteiger partial charge is 0.261 e. The Morgan fingerprint density at radius 2 is 1.76 bits per heavy atom. The fourth-order valence-corrected chi connectivity index (χ4v) is 2.27. The molecule has 2 rings (SSSR count). The van der Waals surface area contributed by atoms with Crippen molar-refractivity contribution in [1.29, 1.82) is 0 Å². The van der Waals surface area contributed by atoms with Gasteiger partial charge >= 0.3 is 0 Å². The molecule has 0 fully saturated rings. The summed E-state index contributed by atoms with van der Waals surface area (Å²) in [5, 5.41) is 2.72. The van der Waals surface area contributed by atoms with Gasteiger partial charge in [0.15, 0.2) is 0 Å². The number of imide groups is 1. The predicted octanol–water partition coefficient (Wildman–Crippen LogP) is 1.37. The van der Waals surface area contributed by atoms with Crippen LogP contribution in [0.4, 0.5) is 5.69 Å². The normalized spacial score (nSPS) is 14.4. The van der Waals surface area contributed by atoms with Crippen LogP contribution in [0.1, 0.15) is 47.4 Å². The number of carbonyl (C=O) groups excluding carboxylic acids is 3. The standard InChI is InChI=1S/C15H19N3O3/c1-4-15(16,5-2)14(21)17-9-6-7-10-11(8-9)13(20)18(3)12(10)19/h6-8H,4-5,16H2,1-3H3,(H,17,21). The Kier molecular flexibility index (Phi) is 3.82. The van der Waals surface area contributed by atoms with Crippen LogP contribution in [0.3, 0.4) is 0 Å². The summed E-state index contributed by atoms with van der Waals surface area (Å²) in [4.78, 5) is 37.0. The van der Waals surface area contributed by atoms with Crippen molar-refractivity contribution in [2.75, 3.05) is 12.4 Å². The topological polar surface area (TPSA) is 92.5 Å². The van der Waals surface area contributed by atoms with Crippen LogP contribution in [0, 0.1) is 0 Å². The van der Waals surface area contributed by atoms with E-state index < -0.39 is 5.54 Å². The second-order valence-corrected chi connectivity index (χ2v) is 5.25. The van der Waals surface area contributed by atoms with Crippen LogP contribution in [-0.4, -0.2) is 35.2 Å². The van der Waals surface area contributed by atoms with Crippen molar-refractivity contribution in [3.05, 3.63) is 29.3 Å². The number of rotatable bonds is 4. The van der Waals surface area contributed by atoms with Gasteiger partial charge in [-0.15, -0.1) is 0 Å². The number of amides is 3. The molecule has 0 saturated heterocycles. The monoisotopic (exact) mass is 289 g/mol. The van der Waals surface area contributed by atoms with Crippen molar-refractivity contribution in [2.24, 2.45) is 5.73 Å². The molecule has 0 saturated carbocycles. The Morgan fingerprint density at radius 3 is 2.33 bits per heavy atom. The molecule has 1 aliphatic heterocycles. The quantitative estimate of drug-likeness (QED) is 0.819. The first-order valence-corrected chi connectivity index (χ1v) is 6.90. The lowest BCUT2D eigenvalue weighted by Crippen LogP contribution is -2.50. The lowest BCUT2D eigenvalue weighted by atomic mass is 9.93. The first kappa shape index (κ1) is 15.2. The highest BCUT2D eigenvalue weighted by molar-refractivity contribution is 6.21. The van der Waals surface area contributed by atoms with Gasteiger partial charge in [-0.25, -0.2) is 0 Å². The second-order valence-electron chi connectivity index (χ2n) is 5.25. The third-order valence-electron chi connectivity index (χ3n) is 4.06. The van der Waals surface area contributed by atoms with Gasteiger partial charge in [0.2, 0.25) is 5.91 Å². The Morgan fingerprint density at radius 1 is 1.19 bits per heavy atom. The van der Waals surface area contributed by atoms with Crippen LogP contribution in [0.15, 0.2) is 18.2 Å². The number of fused-ring (bicyclic) bond motifs is 1. The Bertz CT molecular complexity index is 621. The van der Waals surface area contributed by atoms with E-state index in [9.17, 15) is 14.4 Å². The van der Waals surface area contributed by atoms with Crippen LogP contribution in [0.2, 0.25) is 0 Å². The average Bonchev–Trinajstić information content (AvgIpc) is 2.71. The van der Waals surface area contributed by atoms with E-state index in [1.165, 1.54) is 13.1 Å². The van der Waals surface area contributed by atoms with Crippen LogP contribution in [0.5, 0.6) is 0 Å². The molecule has 0 spiro atoms. The molecule has 0 bridgehead atoms. The molecule has 112 valence electrons. The Hall–Kier alpha value is -2.21. The molecule has 1 aromatic carbocycles. The highest BCUT2D eigenvalue weighted by Crippen LogP contribution is 2.25. The van der Waals surface area contributed by atoms with Crippen molar-refractivity contribution < 1.29 is 14.4 Å². The third kappa shape index (κ3) is 2.42. The number of nitrogens with one attached hydrogen (secondary N) is 1. The first-order chi connectivity index (χ1) is 9.84. The van der Waals surface area contributed by atoms with Crippen LogP contribution in [-0.2, 0) is 4.79 Å². The summed E-state index contributed by atoms with van der Waals surface area (Å²) in [6.07, 6.45) is 1.03. The number of benzene rings is 1. The molecule has 1 aromatic rings. The fourth-order valence-electron chi connectivity index (χ4n) is 2.27. The minimum Gasteiger partial charge on any atom is -0.324 e. The molecule has 0 atom stereocenters. The molecule has 0 aromatic heterocycles. The molecule has 0 unspecified atom stereocenters.